The van der Waals surface area contributed by atoms with Gasteiger partial charge in [-0.25, -0.2) is 8.42 Å². The van der Waals surface area contributed by atoms with Gasteiger partial charge in [-0.3, -0.25) is 4.79 Å². The predicted octanol–water partition coefficient (Wildman–Crippen LogP) is 2.14. The number of anilines is 1. The molecule has 0 atom stereocenters. The van der Waals surface area contributed by atoms with Crippen LogP contribution in [0.1, 0.15) is 11.1 Å². The van der Waals surface area contributed by atoms with Crippen molar-refractivity contribution in [2.75, 3.05) is 38.0 Å². The normalized spacial score (nSPS) is 16.0. The number of benzene rings is 2. The number of para-hydroxylation sites is 1. The van der Waals surface area contributed by atoms with Gasteiger partial charge >= 0.3 is 0 Å². The van der Waals surface area contributed by atoms with Gasteiger partial charge in [0.25, 0.3) is 5.91 Å². The van der Waals surface area contributed by atoms with Crippen molar-refractivity contribution in [2.24, 2.45) is 0 Å². The highest BCUT2D eigenvalue weighted by Gasteiger charge is 2.32. The van der Waals surface area contributed by atoms with Crippen LogP contribution >= 0.6 is 23.2 Å². The summed E-state index contributed by atoms with van der Waals surface area (Å²) >= 11 is 12.2. The van der Waals surface area contributed by atoms with Gasteiger partial charge in [-0.2, -0.15) is 4.31 Å². The molecule has 6 nitrogen and oxygen atoms in total. The molecule has 2 N–H and O–H groups in total. The van der Waals surface area contributed by atoms with E-state index in [1.165, 1.54) is 4.31 Å². The Hall–Kier alpha value is -1.64. The van der Waals surface area contributed by atoms with Crippen LogP contribution in [-0.4, -0.2) is 51.4 Å². The molecule has 1 fully saturated rings. The van der Waals surface area contributed by atoms with Gasteiger partial charge in [-0.05, 0) is 43.2 Å². The average Bonchev–Trinajstić information content (AvgIpc) is 2.67. The third-order valence-corrected chi connectivity index (χ3v) is 7.70. The largest absolute Gasteiger partial charge is 0.325 e. The summed E-state index contributed by atoms with van der Waals surface area (Å²) < 4.78 is 27.5. The first kappa shape index (κ1) is 22.1. The van der Waals surface area contributed by atoms with Crippen molar-refractivity contribution < 1.29 is 18.1 Å². The van der Waals surface area contributed by atoms with E-state index in [0.717, 1.165) is 16.0 Å². The predicted molar refractivity (Wildman–Crippen MR) is 115 cm³/mol. The molecule has 0 aromatic heterocycles. The molecule has 3 rings (SSSR count). The topological polar surface area (TPSA) is 70.9 Å². The first-order chi connectivity index (χ1) is 13.7. The second-order valence-corrected chi connectivity index (χ2v) is 9.97. The van der Waals surface area contributed by atoms with Crippen molar-refractivity contribution >= 4 is 44.8 Å². The van der Waals surface area contributed by atoms with Crippen molar-refractivity contribution in [1.82, 2.24) is 4.31 Å². The van der Waals surface area contributed by atoms with E-state index < -0.39 is 10.0 Å². The second-order valence-electron chi connectivity index (χ2n) is 7.24. The molecule has 2 aromatic carbocycles. The molecule has 1 heterocycles. The van der Waals surface area contributed by atoms with Crippen LogP contribution in [0.4, 0.5) is 5.69 Å². The van der Waals surface area contributed by atoms with Gasteiger partial charge in [0.15, 0.2) is 6.54 Å². The average molecular weight is 457 g/mol. The maximum absolute atomic E-state index is 13.0. The molecule has 1 saturated heterocycles. The standard InChI is InChI=1S/C20H23Cl2N3O3S/c1-14-6-7-15(2)18(12-14)29(27,28)25-10-8-24(9-11-25)13-19(26)23-20-16(21)4-3-5-17(20)22/h3-7,12H,8-11,13H2,1-2H3,(H,23,26)/p+1. The summed E-state index contributed by atoms with van der Waals surface area (Å²) in [6, 6.07) is 10.5. The van der Waals surface area contributed by atoms with Gasteiger partial charge in [0.1, 0.15) is 0 Å². The molecule has 0 saturated carbocycles. The summed E-state index contributed by atoms with van der Waals surface area (Å²) in [6.07, 6.45) is 0. The van der Waals surface area contributed by atoms with Crippen LogP contribution in [-0.2, 0) is 14.8 Å². The minimum absolute atomic E-state index is 0.208. The lowest BCUT2D eigenvalue weighted by atomic mass is 10.2. The van der Waals surface area contributed by atoms with E-state index in [1.807, 2.05) is 19.1 Å². The molecule has 1 aliphatic heterocycles. The zero-order chi connectivity index (χ0) is 21.2. The van der Waals surface area contributed by atoms with E-state index in [-0.39, 0.29) is 12.5 Å². The lowest BCUT2D eigenvalue weighted by Crippen LogP contribution is -3.15. The fourth-order valence-corrected chi connectivity index (χ4v) is 5.61. The summed E-state index contributed by atoms with van der Waals surface area (Å²) in [5.41, 5.74) is 2.05. The Morgan fingerprint density at radius 2 is 1.72 bits per heavy atom. The van der Waals surface area contributed by atoms with Crippen LogP contribution < -0.4 is 10.2 Å². The Morgan fingerprint density at radius 1 is 1.10 bits per heavy atom. The van der Waals surface area contributed by atoms with Gasteiger partial charge in [-0.1, -0.05) is 41.4 Å². The van der Waals surface area contributed by atoms with Crippen molar-refractivity contribution in [2.45, 2.75) is 18.7 Å². The highest BCUT2D eigenvalue weighted by molar-refractivity contribution is 7.89. The molecule has 1 aliphatic rings. The number of aryl methyl sites for hydroxylation is 2. The van der Waals surface area contributed by atoms with Crippen LogP contribution in [0.3, 0.4) is 0 Å². The third kappa shape index (κ3) is 5.10. The molecule has 0 spiro atoms. The number of rotatable bonds is 5. The molecule has 0 radical (unpaired) electrons. The fourth-order valence-electron chi connectivity index (χ4n) is 3.37. The summed E-state index contributed by atoms with van der Waals surface area (Å²) in [7, 11) is -3.54. The van der Waals surface area contributed by atoms with Crippen molar-refractivity contribution in [3.63, 3.8) is 0 Å². The van der Waals surface area contributed by atoms with Crippen LogP contribution in [0.15, 0.2) is 41.3 Å². The summed E-state index contributed by atoms with van der Waals surface area (Å²) in [6.45, 7) is 5.74. The molecule has 2 aromatic rings. The second kappa shape index (κ2) is 9.02. The molecule has 29 heavy (non-hydrogen) atoms. The molecule has 0 unspecified atom stereocenters. The van der Waals surface area contributed by atoms with Crippen LogP contribution in [0.25, 0.3) is 0 Å². The number of carbonyl (C=O) groups excluding carboxylic acids is 1. The molecular formula is C20H24Cl2N3O3S+. The van der Waals surface area contributed by atoms with Gasteiger partial charge in [-0.15, -0.1) is 0 Å². The molecule has 0 bridgehead atoms. The number of sulfonamides is 1. The lowest BCUT2D eigenvalue weighted by Gasteiger charge is -2.31. The SMILES string of the molecule is Cc1ccc(C)c(S(=O)(=O)N2CC[NH+](CC(=O)Nc3c(Cl)cccc3Cl)CC2)c1. The van der Waals surface area contributed by atoms with Crippen molar-refractivity contribution in [3.05, 3.63) is 57.6 Å². The summed E-state index contributed by atoms with van der Waals surface area (Å²) in [4.78, 5) is 13.8. The van der Waals surface area contributed by atoms with Crippen LogP contribution in [0.5, 0.6) is 0 Å². The van der Waals surface area contributed by atoms with E-state index in [1.54, 1.807) is 31.2 Å². The Morgan fingerprint density at radius 3 is 2.34 bits per heavy atom. The maximum atomic E-state index is 13.0. The Labute approximate surface area is 181 Å². The van der Waals surface area contributed by atoms with Gasteiger partial charge in [0.2, 0.25) is 10.0 Å². The number of amides is 1. The van der Waals surface area contributed by atoms with Gasteiger partial charge in [0, 0.05) is 0 Å². The van der Waals surface area contributed by atoms with Crippen molar-refractivity contribution in [3.8, 4) is 0 Å². The molecule has 156 valence electrons. The number of piperazine rings is 1. The lowest BCUT2D eigenvalue weighted by molar-refractivity contribution is -0.895. The summed E-state index contributed by atoms with van der Waals surface area (Å²) in [5.74, 6) is -0.208. The van der Waals surface area contributed by atoms with E-state index in [9.17, 15) is 13.2 Å². The summed E-state index contributed by atoms with van der Waals surface area (Å²) in [5, 5.41) is 3.51. The van der Waals surface area contributed by atoms with Gasteiger partial charge in [0.05, 0.1) is 46.8 Å². The number of nitrogens with one attached hydrogen (secondary N) is 2. The molecule has 9 heteroatoms. The third-order valence-electron chi connectivity index (χ3n) is 5.03. The molecular weight excluding hydrogens is 433 g/mol. The minimum Gasteiger partial charge on any atom is -0.325 e. The highest BCUT2D eigenvalue weighted by Crippen LogP contribution is 2.29. The zero-order valence-corrected chi connectivity index (χ0v) is 18.7. The monoisotopic (exact) mass is 456 g/mol. The van der Waals surface area contributed by atoms with E-state index >= 15 is 0 Å². The number of nitrogens with zero attached hydrogens (tertiary/aromatic N) is 1. The Balaban J connectivity index is 1.60. The fraction of sp³-hybridized carbons (Fsp3) is 0.350. The number of carbonyl (C=O) groups is 1. The first-order valence-electron chi connectivity index (χ1n) is 9.33. The maximum Gasteiger partial charge on any atom is 0.279 e. The molecule has 0 aliphatic carbocycles. The van der Waals surface area contributed by atoms with Crippen molar-refractivity contribution in [1.29, 1.82) is 0 Å². The van der Waals surface area contributed by atoms with Crippen LogP contribution in [0.2, 0.25) is 10.0 Å². The van der Waals surface area contributed by atoms with E-state index in [0.29, 0.717) is 46.8 Å². The zero-order valence-electron chi connectivity index (χ0n) is 16.3. The van der Waals surface area contributed by atoms with Crippen LogP contribution in [0, 0.1) is 13.8 Å². The number of halogens is 2. The Kier molecular flexibility index (Phi) is 6.86. The minimum atomic E-state index is -3.54. The van der Waals surface area contributed by atoms with Gasteiger partial charge < -0.3 is 10.2 Å². The smallest absolute Gasteiger partial charge is 0.279 e. The highest BCUT2D eigenvalue weighted by atomic mass is 35.5. The number of quaternary nitrogens is 1. The number of hydrogen-bond donors (Lipinski definition) is 2. The van der Waals surface area contributed by atoms with E-state index in [2.05, 4.69) is 5.32 Å². The van der Waals surface area contributed by atoms with E-state index in [4.69, 9.17) is 23.2 Å². The molecule has 1 amide bonds. The Bertz CT molecular complexity index is 999. The number of hydrogen-bond acceptors (Lipinski definition) is 3. The quantitative estimate of drug-likeness (QED) is 0.723. The first-order valence-corrected chi connectivity index (χ1v) is 11.5.